The van der Waals surface area contributed by atoms with Gasteiger partial charge in [0.1, 0.15) is 0 Å². The molecule has 4 heteroatoms. The van der Waals surface area contributed by atoms with Gasteiger partial charge in [0.15, 0.2) is 12.0 Å². The van der Waals surface area contributed by atoms with Gasteiger partial charge in [0.2, 0.25) is 0 Å². The van der Waals surface area contributed by atoms with Gasteiger partial charge in [-0.1, -0.05) is 170 Å². The number of anilines is 1. The Kier molecular flexibility index (Phi) is 7.92. The first-order valence-corrected chi connectivity index (χ1v) is 23.1. The van der Waals surface area contributed by atoms with Crippen molar-refractivity contribution in [3.05, 3.63) is 224 Å². The van der Waals surface area contributed by atoms with Crippen molar-refractivity contribution in [2.75, 3.05) is 5.32 Å². The lowest BCUT2D eigenvalue weighted by atomic mass is 9.92. The highest BCUT2D eigenvalue weighted by molar-refractivity contribution is 7.26. The second kappa shape index (κ2) is 14.2. The van der Waals surface area contributed by atoms with E-state index in [1.165, 1.54) is 102 Å². The van der Waals surface area contributed by atoms with Crippen LogP contribution in [0.4, 0.5) is 5.69 Å². The number of thiophene rings is 1. The van der Waals surface area contributed by atoms with Crippen molar-refractivity contribution in [3.63, 3.8) is 0 Å². The lowest BCUT2D eigenvalue weighted by molar-refractivity contribution is 0.263. The van der Waals surface area contributed by atoms with Crippen LogP contribution >= 0.6 is 11.3 Å². The first-order valence-electron chi connectivity index (χ1n) is 22.3. The van der Waals surface area contributed by atoms with E-state index < -0.39 is 0 Å². The molecule has 1 N–H and O–H groups in total. The molecule has 11 aromatic carbocycles. The first-order chi connectivity index (χ1) is 32.2. The zero-order chi connectivity index (χ0) is 42.6. The molecule has 13 aromatic rings. The van der Waals surface area contributed by atoms with Crippen LogP contribution in [0, 0.1) is 0 Å². The summed E-state index contributed by atoms with van der Waals surface area (Å²) in [5.74, 6) is 0.921. The van der Waals surface area contributed by atoms with E-state index in [2.05, 4.69) is 228 Å². The number of aromatic nitrogens is 1. The van der Waals surface area contributed by atoms with Crippen LogP contribution in [0.25, 0.3) is 113 Å². The normalized spacial score (nSPS) is 13.6. The van der Waals surface area contributed by atoms with Gasteiger partial charge in [-0.3, -0.25) is 0 Å². The Hall–Kier alpha value is -8.18. The molecule has 0 fully saturated rings. The number of hydrogen-bond donors (Lipinski definition) is 1. The van der Waals surface area contributed by atoms with E-state index in [0.29, 0.717) is 0 Å². The van der Waals surface area contributed by atoms with Crippen LogP contribution in [0.15, 0.2) is 218 Å². The fourth-order valence-corrected chi connectivity index (χ4v) is 11.8. The number of benzene rings is 11. The minimum Gasteiger partial charge on any atom is -0.464 e. The summed E-state index contributed by atoms with van der Waals surface area (Å²) in [6, 6.07) is 79.7. The molecule has 0 radical (unpaired) electrons. The minimum absolute atomic E-state index is 0.329. The Bertz CT molecular complexity index is 4050. The molecule has 0 spiro atoms. The van der Waals surface area contributed by atoms with Gasteiger partial charge < -0.3 is 14.6 Å². The van der Waals surface area contributed by atoms with Crippen LogP contribution < -0.4 is 10.1 Å². The molecule has 3 nitrogen and oxygen atoms in total. The smallest absolute Gasteiger partial charge is 0.196 e. The van der Waals surface area contributed by atoms with E-state index in [4.69, 9.17) is 4.74 Å². The van der Waals surface area contributed by atoms with Crippen LogP contribution in [0.1, 0.15) is 11.8 Å². The van der Waals surface area contributed by atoms with E-state index in [-0.39, 0.29) is 6.23 Å². The summed E-state index contributed by atoms with van der Waals surface area (Å²) in [6.45, 7) is 0. The maximum absolute atomic E-state index is 6.98. The largest absolute Gasteiger partial charge is 0.464 e. The van der Waals surface area contributed by atoms with Gasteiger partial charge in [-0.15, -0.1) is 11.3 Å². The lowest BCUT2D eigenvalue weighted by Gasteiger charge is -2.13. The first kappa shape index (κ1) is 36.3. The van der Waals surface area contributed by atoms with Gasteiger partial charge in [-0.25, -0.2) is 0 Å². The number of rotatable bonds is 5. The summed E-state index contributed by atoms with van der Waals surface area (Å²) in [4.78, 5) is 0. The Labute approximate surface area is 379 Å². The molecule has 65 heavy (non-hydrogen) atoms. The molecule has 0 amide bonds. The maximum Gasteiger partial charge on any atom is 0.196 e. The van der Waals surface area contributed by atoms with Crippen LogP contribution in [0.5, 0.6) is 5.75 Å². The highest BCUT2D eigenvalue weighted by atomic mass is 32.1. The molecule has 0 bridgehead atoms. The third-order valence-corrected chi connectivity index (χ3v) is 14.8. The standard InChI is InChI=1S/C61H38N2OS/c1-2-12-37(13-3-1)38-26-30-44(31-27-38)63-54-32-29-42(34-52(54)57-46-17-7-4-14-40(46)28-33-55(57)63)39-22-24-41(25-23-39)61-62-53-36-51(60-58(59(53)64-61)49-20-10-11-21-56(49)65-60)50-35-43-15-5-6-16-45(43)47-18-8-9-19-48(47)50/h1-36,61-62H. The summed E-state index contributed by atoms with van der Waals surface area (Å²) in [5, 5.41) is 16.3. The van der Waals surface area contributed by atoms with Crippen molar-refractivity contribution >= 4 is 91.3 Å². The Morgan fingerprint density at radius 1 is 0.415 bits per heavy atom. The molecule has 2 aromatic heterocycles. The maximum atomic E-state index is 6.98. The van der Waals surface area contributed by atoms with Gasteiger partial charge in [0.25, 0.3) is 0 Å². The third kappa shape index (κ3) is 5.61. The van der Waals surface area contributed by atoms with Gasteiger partial charge in [0.05, 0.1) is 16.7 Å². The van der Waals surface area contributed by atoms with Gasteiger partial charge in [-0.2, -0.15) is 0 Å². The minimum atomic E-state index is -0.329. The van der Waals surface area contributed by atoms with Crippen molar-refractivity contribution in [1.29, 1.82) is 0 Å². The average molecular weight is 847 g/mol. The Morgan fingerprint density at radius 2 is 1.05 bits per heavy atom. The molecule has 1 aliphatic heterocycles. The fourth-order valence-electron chi connectivity index (χ4n) is 10.5. The van der Waals surface area contributed by atoms with Crippen LogP contribution in [-0.2, 0) is 0 Å². The molecular formula is C61H38N2OS. The number of ether oxygens (including phenoxy) is 1. The predicted octanol–water partition coefficient (Wildman–Crippen LogP) is 17.1. The number of nitrogens with one attached hydrogen (secondary N) is 1. The van der Waals surface area contributed by atoms with Gasteiger partial charge in [-0.05, 0) is 109 Å². The summed E-state index contributed by atoms with van der Waals surface area (Å²) < 4.78 is 11.9. The van der Waals surface area contributed by atoms with Crippen molar-refractivity contribution in [2.45, 2.75) is 6.23 Å². The monoisotopic (exact) mass is 846 g/mol. The predicted molar refractivity (Wildman–Crippen MR) is 276 cm³/mol. The average Bonchev–Trinajstić information content (AvgIpc) is 4.08. The lowest BCUT2D eigenvalue weighted by Crippen LogP contribution is -2.09. The van der Waals surface area contributed by atoms with Gasteiger partial charge in [0, 0.05) is 47.8 Å². The molecule has 0 saturated heterocycles. The Morgan fingerprint density at radius 3 is 1.88 bits per heavy atom. The second-order valence-electron chi connectivity index (χ2n) is 17.2. The van der Waals surface area contributed by atoms with Crippen LogP contribution in [0.2, 0.25) is 0 Å². The molecule has 0 aliphatic carbocycles. The molecule has 1 aliphatic rings. The summed E-state index contributed by atoms with van der Waals surface area (Å²) in [7, 11) is 0. The van der Waals surface area contributed by atoms with Crippen LogP contribution in [0.3, 0.4) is 0 Å². The molecule has 14 rings (SSSR count). The third-order valence-electron chi connectivity index (χ3n) is 13.6. The number of nitrogens with zero attached hydrogens (tertiary/aromatic N) is 1. The summed E-state index contributed by atoms with van der Waals surface area (Å²) in [5.41, 5.74) is 12.9. The highest BCUT2D eigenvalue weighted by Crippen LogP contribution is 2.53. The number of fused-ring (bicyclic) bond motifs is 13. The Balaban J connectivity index is 0.854. The summed E-state index contributed by atoms with van der Waals surface area (Å²) >= 11 is 1.85. The van der Waals surface area contributed by atoms with E-state index >= 15 is 0 Å². The topological polar surface area (TPSA) is 26.2 Å². The van der Waals surface area contributed by atoms with E-state index in [1.807, 2.05) is 11.3 Å². The molecule has 3 heterocycles. The molecule has 1 atom stereocenters. The van der Waals surface area contributed by atoms with E-state index in [1.54, 1.807) is 0 Å². The quantitative estimate of drug-likeness (QED) is 0.175. The highest BCUT2D eigenvalue weighted by Gasteiger charge is 2.30. The number of hydrogen-bond acceptors (Lipinski definition) is 3. The zero-order valence-corrected chi connectivity index (χ0v) is 35.9. The van der Waals surface area contributed by atoms with Crippen molar-refractivity contribution in [3.8, 4) is 44.8 Å². The summed E-state index contributed by atoms with van der Waals surface area (Å²) in [6.07, 6.45) is -0.329. The van der Waals surface area contributed by atoms with Gasteiger partial charge >= 0.3 is 0 Å². The molecule has 0 saturated carbocycles. The van der Waals surface area contributed by atoms with Crippen molar-refractivity contribution in [1.82, 2.24) is 4.57 Å². The molecule has 1 unspecified atom stereocenters. The fraction of sp³-hybridized carbons (Fsp3) is 0.0164. The van der Waals surface area contributed by atoms with Crippen LogP contribution in [-0.4, -0.2) is 4.57 Å². The molecular weight excluding hydrogens is 809 g/mol. The van der Waals surface area contributed by atoms with Crippen molar-refractivity contribution in [2.24, 2.45) is 0 Å². The van der Waals surface area contributed by atoms with Crippen molar-refractivity contribution < 1.29 is 4.74 Å². The molecule has 304 valence electrons. The SMILES string of the molecule is c1ccc(-c2ccc(-n3c4ccc(-c5ccc(C6Nc7cc(-c8cc9ccccc9c9ccccc89)c8sc9ccccc9c8c7O6)cc5)cc4c4c5ccccc5ccc43)cc2)cc1. The zero-order valence-electron chi connectivity index (χ0n) is 35.1. The van der Waals surface area contributed by atoms with E-state index in [0.717, 1.165) is 28.3 Å². The second-order valence-corrected chi connectivity index (χ2v) is 18.3. The van der Waals surface area contributed by atoms with E-state index in [9.17, 15) is 0 Å².